The number of nitrogens with zero attached hydrogens (tertiary/aromatic N) is 8. The Morgan fingerprint density at radius 1 is 0.829 bits per heavy atom. The highest BCUT2D eigenvalue weighted by Gasteiger charge is 2.31. The molecular formula is C59H66N10O6S. The molecule has 0 bridgehead atoms. The number of para-hydroxylation sites is 1. The molecule has 0 atom stereocenters. The molecule has 17 heteroatoms. The number of piperazine rings is 1. The van der Waals surface area contributed by atoms with Crippen LogP contribution in [-0.2, 0) is 29.5 Å². The highest BCUT2D eigenvalue weighted by Crippen LogP contribution is 2.38. The second-order valence-corrected chi connectivity index (χ2v) is 22.7. The van der Waals surface area contributed by atoms with E-state index in [1.807, 2.05) is 105 Å². The maximum absolute atomic E-state index is 14.1. The molecule has 76 heavy (non-hydrogen) atoms. The first-order valence-electron chi connectivity index (χ1n) is 26.8. The number of rotatable bonds is 13. The van der Waals surface area contributed by atoms with Gasteiger partial charge in [0, 0.05) is 81.5 Å². The minimum atomic E-state index is -0.733. The molecule has 1 saturated carbocycles. The van der Waals surface area contributed by atoms with Gasteiger partial charge in [-0.1, -0.05) is 47.7 Å². The number of urea groups is 1. The average molecular weight is 1040 g/mol. The van der Waals surface area contributed by atoms with Crippen molar-refractivity contribution in [3.8, 4) is 16.9 Å². The number of fused-ring (bicyclic) bond motifs is 3. The maximum Gasteiger partial charge on any atom is 0.358 e. The zero-order valence-electron chi connectivity index (χ0n) is 44.1. The number of carbonyl (C=O) groups excluding carboxylic acids is 4. The van der Waals surface area contributed by atoms with Crippen molar-refractivity contribution in [2.24, 2.45) is 13.0 Å². The van der Waals surface area contributed by atoms with Crippen molar-refractivity contribution in [2.75, 3.05) is 65.8 Å². The van der Waals surface area contributed by atoms with Crippen LogP contribution < -0.4 is 30.1 Å². The lowest BCUT2D eigenvalue weighted by atomic mass is 9.84. The van der Waals surface area contributed by atoms with Crippen LogP contribution in [0.2, 0.25) is 0 Å². The van der Waals surface area contributed by atoms with Gasteiger partial charge in [0.25, 0.3) is 5.91 Å². The molecule has 4 amide bonds. The fourth-order valence-corrected chi connectivity index (χ4v) is 12.2. The van der Waals surface area contributed by atoms with Crippen LogP contribution in [0.25, 0.3) is 32.2 Å². The molecule has 2 N–H and O–H groups in total. The first kappa shape index (κ1) is 50.8. The molecule has 3 aliphatic heterocycles. The largest absolute Gasteiger partial charge is 0.490 e. The Kier molecular flexibility index (Phi) is 14.3. The number of hydrogen-bond donors (Lipinski definition) is 2. The third kappa shape index (κ3) is 10.9. The molecule has 0 unspecified atom stereocenters. The molecule has 16 nitrogen and oxygen atoms in total. The van der Waals surface area contributed by atoms with E-state index in [1.165, 1.54) is 24.2 Å². The number of esters is 1. The van der Waals surface area contributed by atoms with Crippen LogP contribution in [0.5, 0.6) is 5.75 Å². The van der Waals surface area contributed by atoms with Gasteiger partial charge in [0.2, 0.25) is 5.91 Å². The number of aromatic nitrogens is 4. The number of imide groups is 1. The van der Waals surface area contributed by atoms with Crippen LogP contribution in [0.4, 0.5) is 27.2 Å². The molecule has 3 aromatic heterocycles. The van der Waals surface area contributed by atoms with Gasteiger partial charge < -0.3 is 19.3 Å². The number of ether oxygens (including phenoxy) is 2. The van der Waals surface area contributed by atoms with E-state index in [-0.39, 0.29) is 30.0 Å². The summed E-state index contributed by atoms with van der Waals surface area (Å²) in [5, 5.41) is 11.6. The Morgan fingerprint density at radius 2 is 1.63 bits per heavy atom. The fourth-order valence-electron chi connectivity index (χ4n) is 11.4. The number of aryl methyl sites for hydroxylation is 1. The first-order chi connectivity index (χ1) is 36.7. The number of nitrogens with one attached hydrogen (secondary N) is 2. The molecule has 1 aliphatic carbocycles. The van der Waals surface area contributed by atoms with Crippen molar-refractivity contribution in [2.45, 2.75) is 97.3 Å². The SMILES string of the molecule is Cc1c(O[C@H]2CC[C@H](CCCN3CCN(c4ccc5c(N6CCC(=O)NC6=O)nn(C)c5c4)CC3)CC2)cccc1-c1ccc(N2CCc3cccc(C(=O)Nc4nc5ccccc5s4)c3C2)nc1C(=O)OC(C)(C)C. The topological polar surface area (TPSA) is 167 Å². The van der Waals surface area contributed by atoms with Crippen LogP contribution in [0.1, 0.15) is 103 Å². The van der Waals surface area contributed by atoms with Gasteiger partial charge in [-0.2, -0.15) is 5.10 Å². The van der Waals surface area contributed by atoms with Crippen LogP contribution in [0.3, 0.4) is 0 Å². The van der Waals surface area contributed by atoms with Gasteiger partial charge in [-0.05, 0) is 162 Å². The molecule has 0 radical (unpaired) electrons. The summed E-state index contributed by atoms with van der Waals surface area (Å²) in [6, 6.07) is 29.6. The molecule has 0 spiro atoms. The molecule has 11 rings (SSSR count). The van der Waals surface area contributed by atoms with Crippen molar-refractivity contribution in [3.63, 3.8) is 0 Å². The van der Waals surface area contributed by atoms with E-state index in [9.17, 15) is 19.2 Å². The summed E-state index contributed by atoms with van der Waals surface area (Å²) in [5.74, 6) is 1.77. The van der Waals surface area contributed by atoms with E-state index in [1.54, 1.807) is 4.90 Å². The molecular weight excluding hydrogens is 977 g/mol. The van der Waals surface area contributed by atoms with Crippen LogP contribution >= 0.6 is 11.3 Å². The normalized spacial score (nSPS) is 18.5. The summed E-state index contributed by atoms with van der Waals surface area (Å²) in [5.41, 5.74) is 7.62. The van der Waals surface area contributed by atoms with E-state index in [2.05, 4.69) is 60.5 Å². The predicted molar refractivity (Wildman–Crippen MR) is 299 cm³/mol. The maximum atomic E-state index is 14.1. The van der Waals surface area contributed by atoms with Gasteiger partial charge in [-0.25, -0.2) is 19.6 Å². The van der Waals surface area contributed by atoms with Gasteiger partial charge in [0.1, 0.15) is 17.2 Å². The minimum Gasteiger partial charge on any atom is -0.490 e. The number of anilines is 4. The summed E-state index contributed by atoms with van der Waals surface area (Å²) >= 11 is 1.45. The number of pyridine rings is 1. The fraction of sp³-hybridized carbons (Fsp3) is 0.407. The minimum absolute atomic E-state index is 0.117. The van der Waals surface area contributed by atoms with Gasteiger partial charge in [-0.15, -0.1) is 0 Å². The van der Waals surface area contributed by atoms with Crippen molar-refractivity contribution < 1.29 is 28.7 Å². The Morgan fingerprint density at radius 3 is 2.42 bits per heavy atom. The predicted octanol–water partition coefficient (Wildman–Crippen LogP) is 10.3. The quantitative estimate of drug-likeness (QED) is 0.105. The molecule has 7 aromatic rings. The molecule has 2 saturated heterocycles. The monoisotopic (exact) mass is 1040 g/mol. The highest BCUT2D eigenvalue weighted by molar-refractivity contribution is 7.22. The smallest absolute Gasteiger partial charge is 0.358 e. The van der Waals surface area contributed by atoms with Gasteiger partial charge in [0.05, 0.1) is 21.8 Å². The van der Waals surface area contributed by atoms with E-state index >= 15 is 0 Å². The lowest BCUT2D eigenvalue weighted by Crippen LogP contribution is -2.49. The number of thiazole rings is 1. The Bertz CT molecular complexity index is 3310. The van der Waals surface area contributed by atoms with E-state index < -0.39 is 17.6 Å². The summed E-state index contributed by atoms with van der Waals surface area (Å²) in [7, 11) is 1.90. The lowest BCUT2D eigenvalue weighted by Gasteiger charge is -2.36. The average Bonchev–Trinajstić information content (AvgIpc) is 4.02. The Balaban J connectivity index is 0.692. The molecule has 4 aliphatic rings. The second kappa shape index (κ2) is 21.3. The highest BCUT2D eigenvalue weighted by atomic mass is 32.1. The zero-order chi connectivity index (χ0) is 52.7. The summed E-state index contributed by atoms with van der Waals surface area (Å²) in [6.07, 6.45) is 7.77. The number of carbonyl (C=O) groups is 4. The standard InChI is InChI=1S/C59H66N10O6S/c1-37-42(43-24-25-51(61-53(43)56(72)75-59(2,3)4)68-29-26-39-12-8-14-44(46(39)36-68)55(71)63-57-60-47-15-6-7-17-50(47)76-57)13-9-16-49(37)74-41-21-18-38(19-22-41)11-10-28-66-31-33-67(34-32-66)40-20-23-45-48(35-40)65(5)64-54(45)69-30-27-52(70)62-58(69)73/h6-9,12-17,20,23-25,35,38,41H,10-11,18-19,21-22,26-34,36H2,1-5H3,(H,60,63,71)(H,62,70,73)/t38-,41-. The summed E-state index contributed by atoms with van der Waals surface area (Å²) in [6.45, 7) is 14.1. The second-order valence-electron chi connectivity index (χ2n) is 21.7. The molecule has 3 fully saturated rings. The van der Waals surface area contributed by atoms with E-state index in [0.29, 0.717) is 59.9 Å². The van der Waals surface area contributed by atoms with Crippen molar-refractivity contribution in [1.29, 1.82) is 0 Å². The van der Waals surface area contributed by atoms with Crippen LogP contribution in [-0.4, -0.2) is 106 Å². The van der Waals surface area contributed by atoms with Crippen LogP contribution in [0.15, 0.2) is 91.0 Å². The molecule has 6 heterocycles. The number of benzene rings is 4. The van der Waals surface area contributed by atoms with Gasteiger partial charge in [0.15, 0.2) is 16.6 Å². The number of hydrogen-bond acceptors (Lipinski definition) is 13. The summed E-state index contributed by atoms with van der Waals surface area (Å²) < 4.78 is 15.6. The van der Waals surface area contributed by atoms with Gasteiger partial charge in [-0.3, -0.25) is 34.7 Å². The third-order valence-electron chi connectivity index (χ3n) is 15.4. The third-order valence-corrected chi connectivity index (χ3v) is 16.4. The van der Waals surface area contributed by atoms with Gasteiger partial charge >= 0.3 is 12.0 Å². The Labute approximate surface area is 447 Å². The van der Waals surface area contributed by atoms with Crippen molar-refractivity contribution in [3.05, 3.63) is 119 Å². The number of amides is 4. The van der Waals surface area contributed by atoms with E-state index in [0.717, 1.165) is 113 Å². The van der Waals surface area contributed by atoms with Crippen LogP contribution in [0, 0.1) is 12.8 Å². The Hall–Kier alpha value is -7.37. The molecule has 394 valence electrons. The summed E-state index contributed by atoms with van der Waals surface area (Å²) in [4.78, 5) is 70.6. The molecule has 4 aromatic carbocycles. The first-order valence-corrected chi connectivity index (χ1v) is 27.6. The zero-order valence-corrected chi connectivity index (χ0v) is 44.9. The van der Waals surface area contributed by atoms with Crippen molar-refractivity contribution in [1.82, 2.24) is 30.0 Å². The lowest BCUT2D eigenvalue weighted by molar-refractivity contribution is -0.120. The van der Waals surface area contributed by atoms with Crippen molar-refractivity contribution >= 4 is 78.7 Å². The van der Waals surface area contributed by atoms with E-state index in [4.69, 9.17) is 14.5 Å².